The Morgan fingerprint density at radius 3 is 2.58 bits per heavy atom. The third-order valence-electron chi connectivity index (χ3n) is 3.99. The third kappa shape index (κ3) is 3.76. The number of anilines is 1. The minimum Gasteiger partial charge on any atom is -0.433 e. The van der Waals surface area contributed by atoms with E-state index in [1.165, 1.54) is 0 Å². The van der Waals surface area contributed by atoms with E-state index in [1.807, 2.05) is 6.07 Å². The number of hydrogen-bond acceptors (Lipinski definition) is 5. The molecule has 1 aromatic carbocycles. The Morgan fingerprint density at radius 2 is 2.04 bits per heavy atom. The molecule has 0 atom stereocenters. The van der Waals surface area contributed by atoms with E-state index in [4.69, 9.17) is 0 Å². The highest BCUT2D eigenvalue weighted by molar-refractivity contribution is 5.98. The number of nitro groups is 1. The number of nitrogens with one attached hydrogen (secondary N) is 1. The number of halogens is 2. The average molecular weight is 339 g/mol. The van der Waals surface area contributed by atoms with Gasteiger partial charge in [-0.2, -0.15) is 14.0 Å². The summed E-state index contributed by atoms with van der Waals surface area (Å²) in [6, 6.07) is 4.91. The molecule has 1 saturated carbocycles. The Bertz CT molecular complexity index is 682. The number of nitro benzene ring substituents is 1. The second-order valence-electron chi connectivity index (χ2n) is 5.52. The van der Waals surface area contributed by atoms with Crippen LogP contribution in [0.2, 0.25) is 0 Å². The summed E-state index contributed by atoms with van der Waals surface area (Å²) in [7, 11) is 0. The van der Waals surface area contributed by atoms with Crippen LogP contribution in [0.5, 0.6) is 5.75 Å². The SMILES string of the molecule is N#CC1(C(=O)Nc2cc([N+](=O)[O-])ccc2OC(F)F)CCCCC1. The number of nitriles is 1. The number of benzene rings is 1. The van der Waals surface area contributed by atoms with Crippen molar-refractivity contribution in [3.8, 4) is 11.8 Å². The Kier molecular flexibility index (Phi) is 5.28. The van der Waals surface area contributed by atoms with Crippen LogP contribution in [-0.4, -0.2) is 17.4 Å². The number of nitrogens with zero attached hydrogens (tertiary/aromatic N) is 2. The van der Waals surface area contributed by atoms with E-state index in [0.717, 1.165) is 24.6 Å². The lowest BCUT2D eigenvalue weighted by Gasteiger charge is -2.29. The zero-order valence-electron chi connectivity index (χ0n) is 12.6. The van der Waals surface area contributed by atoms with Gasteiger partial charge in [-0.1, -0.05) is 19.3 Å². The summed E-state index contributed by atoms with van der Waals surface area (Å²) in [4.78, 5) is 22.6. The minimum atomic E-state index is -3.15. The molecule has 1 aliphatic rings. The normalized spacial score (nSPS) is 16.2. The summed E-state index contributed by atoms with van der Waals surface area (Å²) in [5, 5.41) is 22.6. The highest BCUT2D eigenvalue weighted by Crippen LogP contribution is 2.38. The molecule has 1 aliphatic carbocycles. The van der Waals surface area contributed by atoms with Crippen LogP contribution in [0.1, 0.15) is 32.1 Å². The molecular formula is C15H15F2N3O4. The van der Waals surface area contributed by atoms with Crippen molar-refractivity contribution in [1.29, 1.82) is 5.26 Å². The minimum absolute atomic E-state index is 0.255. The van der Waals surface area contributed by atoms with Crippen LogP contribution in [0.15, 0.2) is 18.2 Å². The van der Waals surface area contributed by atoms with E-state index in [9.17, 15) is 29.0 Å². The molecule has 1 fully saturated rings. The van der Waals surface area contributed by atoms with Crippen molar-refractivity contribution >= 4 is 17.3 Å². The van der Waals surface area contributed by atoms with Crippen LogP contribution in [0.3, 0.4) is 0 Å². The van der Waals surface area contributed by atoms with Crippen LogP contribution in [0, 0.1) is 26.9 Å². The molecule has 0 spiro atoms. The number of rotatable bonds is 5. The predicted molar refractivity (Wildman–Crippen MR) is 79.5 cm³/mol. The van der Waals surface area contributed by atoms with Crippen molar-refractivity contribution < 1.29 is 23.2 Å². The number of alkyl halides is 2. The lowest BCUT2D eigenvalue weighted by molar-refractivity contribution is -0.384. The topological polar surface area (TPSA) is 105 Å². The van der Waals surface area contributed by atoms with Gasteiger partial charge in [0.15, 0.2) is 0 Å². The number of non-ortho nitro benzene ring substituents is 1. The molecule has 0 bridgehead atoms. The first kappa shape index (κ1) is 17.6. The van der Waals surface area contributed by atoms with Gasteiger partial charge >= 0.3 is 6.61 Å². The van der Waals surface area contributed by atoms with Gasteiger partial charge in [0.05, 0.1) is 16.7 Å². The average Bonchev–Trinajstić information content (AvgIpc) is 2.56. The maximum absolute atomic E-state index is 12.5. The number of amides is 1. The molecule has 0 aromatic heterocycles. The van der Waals surface area contributed by atoms with E-state index >= 15 is 0 Å². The van der Waals surface area contributed by atoms with Gasteiger partial charge in [-0.3, -0.25) is 14.9 Å². The zero-order chi connectivity index (χ0) is 17.7. The summed E-state index contributed by atoms with van der Waals surface area (Å²) in [6.07, 6.45) is 3.03. The van der Waals surface area contributed by atoms with Crippen LogP contribution >= 0.6 is 0 Å². The van der Waals surface area contributed by atoms with E-state index in [-0.39, 0.29) is 11.4 Å². The smallest absolute Gasteiger partial charge is 0.387 e. The molecule has 0 radical (unpaired) electrons. The second kappa shape index (κ2) is 7.21. The van der Waals surface area contributed by atoms with Gasteiger partial charge in [-0.25, -0.2) is 0 Å². The highest BCUT2D eigenvalue weighted by atomic mass is 19.3. The van der Waals surface area contributed by atoms with Crippen molar-refractivity contribution in [1.82, 2.24) is 0 Å². The Balaban J connectivity index is 2.32. The molecule has 1 N–H and O–H groups in total. The van der Waals surface area contributed by atoms with Gasteiger partial charge < -0.3 is 10.1 Å². The van der Waals surface area contributed by atoms with Gasteiger partial charge in [-0.05, 0) is 18.9 Å². The summed E-state index contributed by atoms with van der Waals surface area (Å²) >= 11 is 0. The van der Waals surface area contributed by atoms with Gasteiger partial charge in [0.1, 0.15) is 11.2 Å². The van der Waals surface area contributed by atoms with Crippen molar-refractivity contribution in [3.63, 3.8) is 0 Å². The van der Waals surface area contributed by atoms with E-state index < -0.39 is 28.6 Å². The lowest BCUT2D eigenvalue weighted by Crippen LogP contribution is -2.36. The Morgan fingerprint density at radius 1 is 1.38 bits per heavy atom. The number of carbonyl (C=O) groups is 1. The molecule has 0 heterocycles. The van der Waals surface area contributed by atoms with E-state index in [1.54, 1.807) is 0 Å². The molecular weight excluding hydrogens is 324 g/mol. The quantitative estimate of drug-likeness (QED) is 0.651. The summed E-state index contributed by atoms with van der Waals surface area (Å²) < 4.78 is 29.2. The van der Waals surface area contributed by atoms with Crippen molar-refractivity contribution in [2.75, 3.05) is 5.32 Å². The second-order valence-corrected chi connectivity index (χ2v) is 5.52. The summed E-state index contributed by atoms with van der Waals surface area (Å²) in [5.41, 5.74) is -1.90. The number of ether oxygens (including phenoxy) is 1. The monoisotopic (exact) mass is 339 g/mol. The number of hydrogen-bond donors (Lipinski definition) is 1. The van der Waals surface area contributed by atoms with Crippen LogP contribution in [0.4, 0.5) is 20.2 Å². The highest BCUT2D eigenvalue weighted by Gasteiger charge is 2.40. The van der Waals surface area contributed by atoms with E-state index in [0.29, 0.717) is 25.7 Å². The first-order chi connectivity index (χ1) is 11.4. The van der Waals surface area contributed by atoms with Crippen LogP contribution in [-0.2, 0) is 4.79 Å². The maximum Gasteiger partial charge on any atom is 0.387 e. The fourth-order valence-electron chi connectivity index (χ4n) is 2.71. The Labute approximate surface area is 136 Å². The molecule has 0 saturated heterocycles. The molecule has 7 nitrogen and oxygen atoms in total. The fourth-order valence-corrected chi connectivity index (χ4v) is 2.71. The molecule has 24 heavy (non-hydrogen) atoms. The maximum atomic E-state index is 12.5. The van der Waals surface area contributed by atoms with E-state index in [2.05, 4.69) is 10.1 Å². The molecule has 9 heteroatoms. The van der Waals surface area contributed by atoms with Crippen molar-refractivity contribution in [2.45, 2.75) is 38.7 Å². The summed E-state index contributed by atoms with van der Waals surface area (Å²) in [6.45, 7) is -3.15. The first-order valence-electron chi connectivity index (χ1n) is 7.34. The molecule has 128 valence electrons. The molecule has 0 aliphatic heterocycles. The van der Waals surface area contributed by atoms with Gasteiger partial charge in [0, 0.05) is 12.1 Å². The van der Waals surface area contributed by atoms with Crippen molar-refractivity contribution in [3.05, 3.63) is 28.3 Å². The third-order valence-corrected chi connectivity index (χ3v) is 3.99. The zero-order valence-corrected chi connectivity index (χ0v) is 12.6. The largest absolute Gasteiger partial charge is 0.433 e. The van der Waals surface area contributed by atoms with Crippen LogP contribution < -0.4 is 10.1 Å². The molecule has 1 amide bonds. The molecule has 0 unspecified atom stereocenters. The van der Waals surface area contributed by atoms with Crippen LogP contribution in [0.25, 0.3) is 0 Å². The first-order valence-corrected chi connectivity index (χ1v) is 7.34. The molecule has 2 rings (SSSR count). The lowest BCUT2D eigenvalue weighted by atomic mass is 9.74. The Hall–Kier alpha value is -2.76. The molecule has 1 aromatic rings. The predicted octanol–water partition coefficient (Wildman–Crippen LogP) is 3.61. The standard InChI is InChI=1S/C15H15F2N3O4/c16-14(17)24-12-5-4-10(20(22)23)8-11(12)19-13(21)15(9-18)6-2-1-3-7-15/h4-5,8,14H,1-3,6-7H2,(H,19,21). The van der Waals surface area contributed by atoms with Crippen molar-refractivity contribution in [2.24, 2.45) is 5.41 Å². The van der Waals surface area contributed by atoms with Gasteiger partial charge in [0.25, 0.3) is 5.69 Å². The van der Waals surface area contributed by atoms with Gasteiger partial charge in [0.2, 0.25) is 5.91 Å². The number of carbonyl (C=O) groups excluding carboxylic acids is 1. The summed E-state index contributed by atoms with van der Waals surface area (Å²) in [5.74, 6) is -1.06. The fraction of sp³-hybridized carbons (Fsp3) is 0.467. The van der Waals surface area contributed by atoms with Gasteiger partial charge in [-0.15, -0.1) is 0 Å².